The lowest BCUT2D eigenvalue weighted by molar-refractivity contribution is -0.105. The highest BCUT2D eigenvalue weighted by Gasteiger charge is 2.01. The van der Waals surface area contributed by atoms with Crippen molar-refractivity contribution in [3.8, 4) is 0 Å². The Bertz CT molecular complexity index is 458. The second kappa shape index (κ2) is 5.62. The number of carbonyl (C=O) groups excluding carboxylic acids is 1. The second-order valence-electron chi connectivity index (χ2n) is 2.88. The van der Waals surface area contributed by atoms with E-state index in [0.717, 1.165) is 16.3 Å². The molecule has 0 bridgehead atoms. The van der Waals surface area contributed by atoms with Crippen LogP contribution in [0.5, 0.6) is 0 Å². The third-order valence-electron chi connectivity index (χ3n) is 1.77. The van der Waals surface area contributed by atoms with Gasteiger partial charge in [-0.25, -0.2) is 4.98 Å². The molecule has 0 aliphatic rings. The molecule has 0 saturated heterocycles. The molecule has 0 unspecified atom stereocenters. The van der Waals surface area contributed by atoms with Gasteiger partial charge >= 0.3 is 0 Å². The monoisotopic (exact) mass is 251 g/mol. The second-order valence-corrected chi connectivity index (χ2v) is 4.78. The highest BCUT2D eigenvalue weighted by atomic mass is 32.2. The Hall–Kier alpha value is -1.40. The van der Waals surface area contributed by atoms with E-state index in [1.807, 2.05) is 17.5 Å². The SMILES string of the molecule is O=CNc1nc(CSc2ccncc2)cs1. The van der Waals surface area contributed by atoms with Crippen LogP contribution in [0.1, 0.15) is 5.69 Å². The number of carbonyl (C=O) groups is 1. The summed E-state index contributed by atoms with van der Waals surface area (Å²) in [6.45, 7) is 0. The van der Waals surface area contributed by atoms with Crippen LogP contribution in [-0.2, 0) is 10.5 Å². The molecule has 1 amide bonds. The molecule has 2 aromatic heterocycles. The van der Waals surface area contributed by atoms with Gasteiger partial charge in [0.15, 0.2) is 5.13 Å². The van der Waals surface area contributed by atoms with Crippen LogP contribution >= 0.6 is 23.1 Å². The number of hydrogen-bond donors (Lipinski definition) is 1. The zero-order valence-electron chi connectivity index (χ0n) is 8.29. The summed E-state index contributed by atoms with van der Waals surface area (Å²) in [6, 6.07) is 3.92. The number of nitrogens with one attached hydrogen (secondary N) is 1. The summed E-state index contributed by atoms with van der Waals surface area (Å²) in [5.41, 5.74) is 0.969. The average molecular weight is 251 g/mol. The quantitative estimate of drug-likeness (QED) is 0.655. The molecule has 16 heavy (non-hydrogen) atoms. The predicted octanol–water partition coefficient (Wildman–Crippen LogP) is 2.40. The lowest BCUT2D eigenvalue weighted by Crippen LogP contribution is -1.92. The Morgan fingerprint density at radius 2 is 2.25 bits per heavy atom. The Labute approximate surface area is 101 Å². The fourth-order valence-electron chi connectivity index (χ4n) is 1.08. The molecule has 1 N–H and O–H groups in total. The Kier molecular flexibility index (Phi) is 3.90. The molecule has 6 heteroatoms. The summed E-state index contributed by atoms with van der Waals surface area (Å²) in [7, 11) is 0. The molecule has 2 aromatic rings. The standard InChI is InChI=1S/C10H9N3OS2/c14-7-12-10-13-8(6-16-10)5-15-9-1-3-11-4-2-9/h1-4,6-7H,5H2,(H,12,13,14). The molecule has 0 fully saturated rings. The largest absolute Gasteiger partial charge is 0.305 e. The van der Waals surface area contributed by atoms with E-state index in [0.29, 0.717) is 11.5 Å². The van der Waals surface area contributed by atoms with Gasteiger partial charge in [-0.05, 0) is 12.1 Å². The molecule has 0 atom stereocenters. The number of nitrogens with zero attached hydrogens (tertiary/aromatic N) is 2. The van der Waals surface area contributed by atoms with Gasteiger partial charge in [0.25, 0.3) is 0 Å². The van der Waals surface area contributed by atoms with Crippen LogP contribution < -0.4 is 5.32 Å². The summed E-state index contributed by atoms with van der Waals surface area (Å²) in [5, 5.41) is 5.12. The smallest absolute Gasteiger partial charge is 0.213 e. The maximum Gasteiger partial charge on any atom is 0.213 e. The van der Waals surface area contributed by atoms with Gasteiger partial charge in [-0.1, -0.05) is 0 Å². The van der Waals surface area contributed by atoms with Gasteiger partial charge < -0.3 is 5.32 Å². The van der Waals surface area contributed by atoms with Crippen LogP contribution in [0.25, 0.3) is 0 Å². The minimum Gasteiger partial charge on any atom is -0.305 e. The topological polar surface area (TPSA) is 54.9 Å². The first-order chi connectivity index (χ1) is 7.88. The summed E-state index contributed by atoms with van der Waals surface area (Å²) >= 11 is 3.12. The molecule has 2 rings (SSSR count). The minimum absolute atomic E-state index is 0.638. The van der Waals surface area contributed by atoms with E-state index < -0.39 is 0 Å². The van der Waals surface area contributed by atoms with E-state index in [-0.39, 0.29) is 0 Å². The molecule has 0 aliphatic carbocycles. The fraction of sp³-hybridized carbons (Fsp3) is 0.100. The van der Waals surface area contributed by atoms with Crippen molar-refractivity contribution >= 4 is 34.6 Å². The number of aromatic nitrogens is 2. The predicted molar refractivity (Wildman–Crippen MR) is 65.6 cm³/mol. The average Bonchev–Trinajstić information content (AvgIpc) is 2.76. The normalized spacial score (nSPS) is 10.0. The van der Waals surface area contributed by atoms with Crippen LogP contribution in [-0.4, -0.2) is 16.4 Å². The van der Waals surface area contributed by atoms with Crippen LogP contribution in [0.2, 0.25) is 0 Å². The maximum absolute atomic E-state index is 10.2. The number of amides is 1. The van der Waals surface area contributed by atoms with Crippen LogP contribution in [0.15, 0.2) is 34.8 Å². The first kappa shape index (κ1) is 11.1. The van der Waals surface area contributed by atoms with Crippen molar-refractivity contribution in [3.05, 3.63) is 35.6 Å². The number of thiazole rings is 1. The van der Waals surface area contributed by atoms with E-state index in [4.69, 9.17) is 0 Å². The molecule has 2 heterocycles. The number of anilines is 1. The molecule has 0 aliphatic heterocycles. The van der Waals surface area contributed by atoms with Gasteiger partial charge in [0, 0.05) is 28.4 Å². The van der Waals surface area contributed by atoms with Crippen molar-refractivity contribution in [2.24, 2.45) is 0 Å². The summed E-state index contributed by atoms with van der Waals surface area (Å²) < 4.78 is 0. The third kappa shape index (κ3) is 3.04. The highest BCUT2D eigenvalue weighted by Crippen LogP contribution is 2.24. The van der Waals surface area contributed by atoms with Crippen LogP contribution in [0.4, 0.5) is 5.13 Å². The Morgan fingerprint density at radius 1 is 1.44 bits per heavy atom. The van der Waals surface area contributed by atoms with Crippen LogP contribution in [0, 0.1) is 0 Å². The molecule has 0 aromatic carbocycles. The summed E-state index contributed by atoms with van der Waals surface area (Å²) in [6.07, 6.45) is 4.17. The van der Waals surface area contributed by atoms with Gasteiger partial charge in [0.2, 0.25) is 6.41 Å². The molecular weight excluding hydrogens is 242 g/mol. The maximum atomic E-state index is 10.2. The first-order valence-electron chi connectivity index (χ1n) is 4.56. The van der Waals surface area contributed by atoms with E-state index >= 15 is 0 Å². The molecule has 0 saturated carbocycles. The molecule has 0 radical (unpaired) electrons. The lowest BCUT2D eigenvalue weighted by Gasteiger charge is -1.97. The Balaban J connectivity index is 1.92. The number of hydrogen-bond acceptors (Lipinski definition) is 5. The minimum atomic E-state index is 0.638. The molecule has 82 valence electrons. The fourth-order valence-corrected chi connectivity index (χ4v) is 2.63. The van der Waals surface area contributed by atoms with E-state index in [9.17, 15) is 4.79 Å². The van der Waals surface area contributed by atoms with Crippen LogP contribution in [0.3, 0.4) is 0 Å². The van der Waals surface area contributed by atoms with Gasteiger partial charge in [-0.3, -0.25) is 9.78 Å². The van der Waals surface area contributed by atoms with Crippen molar-refractivity contribution in [2.75, 3.05) is 5.32 Å². The number of thioether (sulfide) groups is 1. The van der Waals surface area contributed by atoms with Crippen molar-refractivity contribution in [1.82, 2.24) is 9.97 Å². The van der Waals surface area contributed by atoms with Crippen molar-refractivity contribution in [3.63, 3.8) is 0 Å². The van der Waals surface area contributed by atoms with Crippen molar-refractivity contribution in [1.29, 1.82) is 0 Å². The molecular formula is C10H9N3OS2. The van der Waals surface area contributed by atoms with Crippen molar-refractivity contribution < 1.29 is 4.79 Å². The summed E-state index contributed by atoms with van der Waals surface area (Å²) in [4.78, 5) is 19.6. The van der Waals surface area contributed by atoms with E-state index in [1.165, 1.54) is 11.3 Å². The molecule has 0 spiro atoms. The summed E-state index contributed by atoms with van der Waals surface area (Å²) in [5.74, 6) is 0.793. The van der Waals surface area contributed by atoms with E-state index in [1.54, 1.807) is 24.2 Å². The molecule has 4 nitrogen and oxygen atoms in total. The van der Waals surface area contributed by atoms with Crippen molar-refractivity contribution in [2.45, 2.75) is 10.6 Å². The third-order valence-corrected chi connectivity index (χ3v) is 3.64. The lowest BCUT2D eigenvalue weighted by atomic mass is 10.5. The number of rotatable bonds is 5. The Morgan fingerprint density at radius 3 is 3.00 bits per heavy atom. The zero-order chi connectivity index (χ0) is 11.2. The number of pyridine rings is 1. The highest BCUT2D eigenvalue weighted by molar-refractivity contribution is 7.98. The van der Waals surface area contributed by atoms with E-state index in [2.05, 4.69) is 15.3 Å². The van der Waals surface area contributed by atoms with Gasteiger partial charge in [-0.15, -0.1) is 23.1 Å². The van der Waals surface area contributed by atoms with Gasteiger partial charge in [-0.2, -0.15) is 0 Å². The van der Waals surface area contributed by atoms with Gasteiger partial charge in [0.1, 0.15) is 0 Å². The van der Waals surface area contributed by atoms with Gasteiger partial charge in [0.05, 0.1) is 5.69 Å². The zero-order valence-corrected chi connectivity index (χ0v) is 9.92. The first-order valence-corrected chi connectivity index (χ1v) is 6.42.